The van der Waals surface area contributed by atoms with E-state index in [1.807, 2.05) is 36.2 Å². The predicted octanol–water partition coefficient (Wildman–Crippen LogP) is 0.0832. The second kappa shape index (κ2) is 6.81. The number of aromatic nitrogens is 3. The summed E-state index contributed by atoms with van der Waals surface area (Å²) in [7, 11) is -1.08. The molecule has 0 unspecified atom stereocenters. The van der Waals surface area contributed by atoms with Crippen molar-refractivity contribution in [1.82, 2.24) is 20.3 Å². The highest BCUT2D eigenvalue weighted by Crippen LogP contribution is 2.26. The minimum Gasteiger partial charge on any atom is -0.350 e. The van der Waals surface area contributed by atoms with Crippen LogP contribution in [0.2, 0.25) is 0 Å². The fourth-order valence-electron chi connectivity index (χ4n) is 3.64. The van der Waals surface area contributed by atoms with Gasteiger partial charge in [-0.25, -0.2) is 13.4 Å². The number of sulfone groups is 1. The number of piperazine rings is 1. The molecule has 8 nitrogen and oxygen atoms in total. The zero-order chi connectivity index (χ0) is 18.1. The topological polar surface area (TPSA) is 91.3 Å². The third-order valence-corrected chi connectivity index (χ3v) is 6.59. The first-order valence-electron chi connectivity index (χ1n) is 8.66. The fraction of sp³-hybridized carbons (Fsp3) is 0.471. The molecule has 2 aromatic rings. The molecule has 0 bridgehead atoms. The zero-order valence-electron chi connectivity index (χ0n) is 14.6. The third-order valence-electron chi connectivity index (χ3n) is 4.87. The van der Waals surface area contributed by atoms with Gasteiger partial charge in [-0.1, -0.05) is 6.07 Å². The van der Waals surface area contributed by atoms with E-state index in [1.54, 1.807) is 12.4 Å². The molecule has 0 radical (unpaired) electrons. The van der Waals surface area contributed by atoms with Crippen LogP contribution in [0.3, 0.4) is 0 Å². The molecular weight excluding hydrogens is 352 g/mol. The molecule has 0 saturated carbocycles. The van der Waals surface area contributed by atoms with Gasteiger partial charge in [0.15, 0.2) is 9.84 Å². The Kier molecular flexibility index (Phi) is 4.49. The van der Waals surface area contributed by atoms with Gasteiger partial charge in [0.2, 0.25) is 5.95 Å². The van der Waals surface area contributed by atoms with Gasteiger partial charge in [-0.05, 0) is 18.2 Å². The minimum atomic E-state index is -3.00. The van der Waals surface area contributed by atoms with Crippen molar-refractivity contribution < 1.29 is 8.42 Å². The van der Waals surface area contributed by atoms with E-state index in [2.05, 4.69) is 20.2 Å². The first-order chi connectivity index (χ1) is 12.5. The molecule has 2 fully saturated rings. The Morgan fingerprint density at radius 2 is 2.12 bits per heavy atom. The molecule has 1 N–H and O–H groups in total. The SMILES string of the molecule is CN(Cc1ccccn1)c1nccc(N2CCN[C@@H]3CS(=O)(=O)C[C@@H]32)n1. The molecule has 138 valence electrons. The lowest BCUT2D eigenvalue weighted by atomic mass is 10.1. The molecule has 0 aliphatic carbocycles. The van der Waals surface area contributed by atoms with Gasteiger partial charge in [0.1, 0.15) is 5.82 Å². The number of fused-ring (bicyclic) bond motifs is 1. The average Bonchev–Trinajstić information content (AvgIpc) is 2.96. The Labute approximate surface area is 153 Å². The lowest BCUT2D eigenvalue weighted by molar-refractivity contribution is 0.422. The zero-order valence-corrected chi connectivity index (χ0v) is 15.4. The van der Waals surface area contributed by atoms with Crippen molar-refractivity contribution in [2.24, 2.45) is 0 Å². The number of hydrogen-bond donors (Lipinski definition) is 1. The second-order valence-corrected chi connectivity index (χ2v) is 8.94. The van der Waals surface area contributed by atoms with Crippen LogP contribution in [0.25, 0.3) is 0 Å². The van der Waals surface area contributed by atoms with E-state index >= 15 is 0 Å². The van der Waals surface area contributed by atoms with Crippen LogP contribution in [0.5, 0.6) is 0 Å². The molecule has 9 heteroatoms. The highest BCUT2D eigenvalue weighted by atomic mass is 32.2. The summed E-state index contributed by atoms with van der Waals surface area (Å²) in [5.41, 5.74) is 0.938. The van der Waals surface area contributed by atoms with Crippen molar-refractivity contribution in [2.75, 3.05) is 41.4 Å². The van der Waals surface area contributed by atoms with Gasteiger partial charge in [0.25, 0.3) is 0 Å². The number of pyridine rings is 1. The molecule has 2 aromatic heterocycles. The van der Waals surface area contributed by atoms with Crippen LogP contribution < -0.4 is 15.1 Å². The van der Waals surface area contributed by atoms with Crippen LogP contribution in [-0.2, 0) is 16.4 Å². The number of hydrogen-bond acceptors (Lipinski definition) is 8. The van der Waals surface area contributed by atoms with E-state index < -0.39 is 9.84 Å². The lowest BCUT2D eigenvalue weighted by Gasteiger charge is -2.38. The standard InChI is InChI=1S/C17H22N6O2S/c1-22(10-13-4-2-3-6-18-13)17-20-7-5-16(21-17)23-9-8-19-14-11-26(24,25)12-15(14)23/h2-7,14-15,19H,8-12H2,1H3/t14-,15+/m1/s1. The molecule has 2 aliphatic rings. The van der Waals surface area contributed by atoms with Gasteiger partial charge in [0, 0.05) is 38.6 Å². The molecule has 0 amide bonds. The molecule has 2 aliphatic heterocycles. The maximum atomic E-state index is 12.0. The van der Waals surface area contributed by atoms with Crippen molar-refractivity contribution in [3.63, 3.8) is 0 Å². The summed E-state index contributed by atoms with van der Waals surface area (Å²) >= 11 is 0. The van der Waals surface area contributed by atoms with Crippen LogP contribution in [0.4, 0.5) is 11.8 Å². The van der Waals surface area contributed by atoms with Gasteiger partial charge in [0.05, 0.1) is 29.8 Å². The minimum absolute atomic E-state index is 0.0292. The Morgan fingerprint density at radius 1 is 1.23 bits per heavy atom. The summed E-state index contributed by atoms with van der Waals surface area (Å²) in [5, 5.41) is 3.32. The van der Waals surface area contributed by atoms with E-state index in [9.17, 15) is 8.42 Å². The van der Waals surface area contributed by atoms with Gasteiger partial charge in [-0.15, -0.1) is 0 Å². The van der Waals surface area contributed by atoms with Gasteiger partial charge in [-0.3, -0.25) is 4.98 Å². The van der Waals surface area contributed by atoms with E-state index in [4.69, 9.17) is 4.98 Å². The summed E-state index contributed by atoms with van der Waals surface area (Å²) in [6.07, 6.45) is 3.49. The van der Waals surface area contributed by atoms with Crippen LogP contribution in [0.15, 0.2) is 36.7 Å². The Bertz CT molecular complexity index is 876. The fourth-order valence-corrected chi connectivity index (χ4v) is 5.60. The highest BCUT2D eigenvalue weighted by Gasteiger charge is 2.43. The molecule has 4 rings (SSSR count). The van der Waals surface area contributed by atoms with Crippen molar-refractivity contribution in [2.45, 2.75) is 18.6 Å². The molecule has 0 spiro atoms. The van der Waals surface area contributed by atoms with Gasteiger partial charge in [-0.2, -0.15) is 4.98 Å². The lowest BCUT2D eigenvalue weighted by Crippen LogP contribution is -2.57. The van der Waals surface area contributed by atoms with Crippen molar-refractivity contribution in [1.29, 1.82) is 0 Å². The first kappa shape index (κ1) is 17.2. The maximum absolute atomic E-state index is 12.0. The average molecular weight is 374 g/mol. The van der Waals surface area contributed by atoms with E-state index in [0.29, 0.717) is 12.5 Å². The highest BCUT2D eigenvalue weighted by molar-refractivity contribution is 7.91. The molecule has 2 saturated heterocycles. The Balaban J connectivity index is 1.55. The largest absolute Gasteiger partial charge is 0.350 e. The third kappa shape index (κ3) is 3.49. The molecular formula is C17H22N6O2S. The van der Waals surface area contributed by atoms with E-state index in [0.717, 1.165) is 24.6 Å². The number of rotatable bonds is 4. The van der Waals surface area contributed by atoms with E-state index in [1.165, 1.54) is 0 Å². The normalized spacial score (nSPS) is 24.3. The summed E-state index contributed by atoms with van der Waals surface area (Å²) in [6, 6.07) is 7.55. The second-order valence-electron chi connectivity index (χ2n) is 6.79. The van der Waals surface area contributed by atoms with E-state index in [-0.39, 0.29) is 23.6 Å². The summed E-state index contributed by atoms with van der Waals surface area (Å²) in [4.78, 5) is 17.4. The summed E-state index contributed by atoms with van der Waals surface area (Å²) in [6.45, 7) is 2.09. The number of anilines is 2. The molecule has 2 atom stereocenters. The molecule has 26 heavy (non-hydrogen) atoms. The van der Waals surface area contributed by atoms with Crippen molar-refractivity contribution >= 4 is 21.6 Å². The monoisotopic (exact) mass is 374 g/mol. The van der Waals surface area contributed by atoms with Crippen LogP contribution in [0.1, 0.15) is 5.69 Å². The van der Waals surface area contributed by atoms with Gasteiger partial charge >= 0.3 is 0 Å². The van der Waals surface area contributed by atoms with Crippen molar-refractivity contribution in [3.05, 3.63) is 42.4 Å². The number of nitrogens with zero attached hydrogens (tertiary/aromatic N) is 5. The Hall–Kier alpha value is -2.26. The quantitative estimate of drug-likeness (QED) is 0.805. The predicted molar refractivity (Wildman–Crippen MR) is 100.0 cm³/mol. The Morgan fingerprint density at radius 3 is 2.92 bits per heavy atom. The maximum Gasteiger partial charge on any atom is 0.227 e. The summed E-state index contributed by atoms with van der Waals surface area (Å²) in [5.74, 6) is 1.75. The van der Waals surface area contributed by atoms with Crippen LogP contribution in [-0.4, -0.2) is 67.1 Å². The first-order valence-corrected chi connectivity index (χ1v) is 10.5. The van der Waals surface area contributed by atoms with Crippen LogP contribution in [0, 0.1) is 0 Å². The van der Waals surface area contributed by atoms with Crippen molar-refractivity contribution in [3.8, 4) is 0 Å². The van der Waals surface area contributed by atoms with Gasteiger partial charge < -0.3 is 15.1 Å². The smallest absolute Gasteiger partial charge is 0.227 e. The molecule has 4 heterocycles. The molecule has 0 aromatic carbocycles. The summed E-state index contributed by atoms with van der Waals surface area (Å²) < 4.78 is 24.1. The number of nitrogens with one attached hydrogen (secondary N) is 1. The van der Waals surface area contributed by atoms with Crippen LogP contribution >= 0.6 is 0 Å².